The lowest BCUT2D eigenvalue weighted by Crippen LogP contribution is -2.19. The van der Waals surface area contributed by atoms with Gasteiger partial charge in [0.15, 0.2) is 11.6 Å². The molecule has 0 radical (unpaired) electrons. The van der Waals surface area contributed by atoms with Crippen molar-refractivity contribution in [2.75, 3.05) is 0 Å². The van der Waals surface area contributed by atoms with Crippen molar-refractivity contribution in [2.45, 2.75) is 101 Å². The molecule has 0 bridgehead atoms. The van der Waals surface area contributed by atoms with Crippen molar-refractivity contribution < 1.29 is 26.7 Å². The van der Waals surface area contributed by atoms with Crippen molar-refractivity contribution in [1.82, 2.24) is 14.5 Å². The zero-order valence-electron chi connectivity index (χ0n) is 28.4. The van der Waals surface area contributed by atoms with Crippen LogP contribution in [0.25, 0.3) is 10.9 Å². The predicted molar refractivity (Wildman–Crippen MR) is 174 cm³/mol. The predicted octanol–water partition coefficient (Wildman–Crippen LogP) is 10.1. The number of pyridine rings is 3. The van der Waals surface area contributed by atoms with E-state index in [9.17, 15) is 26.7 Å². The first kappa shape index (κ1) is 41.2. The number of halogens is 5. The SMILES string of the molecule is CC.CC.CC.CCc1nccc(C)c1C(F)(F)F.Cc1cc(F)c(F)cc1OC1CC1.Cc1cc2cnccc2n(C)c1=O. The molecule has 0 saturated heterocycles. The number of aromatic nitrogens is 3. The molecule has 0 N–H and O–H groups in total. The zero-order valence-corrected chi connectivity index (χ0v) is 28.4. The summed E-state index contributed by atoms with van der Waals surface area (Å²) >= 11 is 0. The first-order valence-electron chi connectivity index (χ1n) is 15.4. The van der Waals surface area contributed by atoms with Gasteiger partial charge in [-0.1, -0.05) is 48.5 Å². The van der Waals surface area contributed by atoms with Gasteiger partial charge in [0.2, 0.25) is 0 Å². The van der Waals surface area contributed by atoms with E-state index in [1.54, 1.807) is 37.9 Å². The van der Waals surface area contributed by atoms with Gasteiger partial charge in [-0.2, -0.15) is 13.2 Å². The van der Waals surface area contributed by atoms with Crippen LogP contribution in [0.4, 0.5) is 22.0 Å². The molecule has 0 aliphatic heterocycles. The molecule has 3 heterocycles. The normalized spacial score (nSPS) is 11.5. The lowest BCUT2D eigenvalue weighted by Gasteiger charge is -2.12. The van der Waals surface area contributed by atoms with E-state index >= 15 is 0 Å². The van der Waals surface area contributed by atoms with Crippen LogP contribution in [0.3, 0.4) is 0 Å². The van der Waals surface area contributed by atoms with Gasteiger partial charge in [-0.3, -0.25) is 14.8 Å². The summed E-state index contributed by atoms with van der Waals surface area (Å²) in [4.78, 5) is 19.2. The van der Waals surface area contributed by atoms with E-state index in [0.29, 0.717) is 17.7 Å². The molecule has 250 valence electrons. The van der Waals surface area contributed by atoms with Gasteiger partial charge < -0.3 is 9.30 Å². The van der Waals surface area contributed by atoms with E-state index in [4.69, 9.17) is 4.74 Å². The topological polar surface area (TPSA) is 57.0 Å². The van der Waals surface area contributed by atoms with Gasteiger partial charge in [0.05, 0.1) is 22.9 Å². The lowest BCUT2D eigenvalue weighted by atomic mass is 10.1. The maximum Gasteiger partial charge on any atom is 0.418 e. The molecular weight excluding hydrogens is 589 g/mol. The second-order valence-electron chi connectivity index (χ2n) is 9.28. The first-order chi connectivity index (χ1) is 21.3. The van der Waals surface area contributed by atoms with Crippen molar-refractivity contribution in [1.29, 1.82) is 0 Å². The number of rotatable bonds is 3. The van der Waals surface area contributed by atoms with Crippen molar-refractivity contribution in [3.8, 4) is 5.75 Å². The van der Waals surface area contributed by atoms with E-state index in [1.165, 1.54) is 19.2 Å². The summed E-state index contributed by atoms with van der Waals surface area (Å²) in [5.74, 6) is -1.21. The highest BCUT2D eigenvalue weighted by Crippen LogP contribution is 2.33. The molecule has 0 atom stereocenters. The second kappa shape index (κ2) is 20.3. The molecule has 4 aromatic rings. The monoisotopic (exact) mass is 637 g/mol. The van der Waals surface area contributed by atoms with Crippen molar-refractivity contribution >= 4 is 10.9 Å². The largest absolute Gasteiger partial charge is 0.490 e. The van der Waals surface area contributed by atoms with Crippen LogP contribution in [0, 0.1) is 32.4 Å². The molecule has 10 heteroatoms. The molecule has 1 fully saturated rings. The number of ether oxygens (including phenoxy) is 1. The number of nitrogens with zero attached hydrogens (tertiary/aromatic N) is 3. The Morgan fingerprint density at radius 2 is 1.44 bits per heavy atom. The standard InChI is InChI=1S/C10H10F2O.C10H10N2O.C9H10F3N.3C2H6/c1-6-4-8(11)9(12)5-10(6)13-7-2-3-7;1-7-5-8-6-11-4-3-9(8)12(2)10(7)13;1-3-7-8(9(10,11)12)6(2)4-5-13-7;3*1-2/h4-5,7H,2-3H2,1H3;3-6H,1-2H3;4-5H,3H2,1-2H3;3*1-2H3. The summed E-state index contributed by atoms with van der Waals surface area (Å²) < 4.78 is 69.9. The number of hydrogen-bond acceptors (Lipinski definition) is 4. The summed E-state index contributed by atoms with van der Waals surface area (Å²) in [6, 6.07) is 7.36. The smallest absolute Gasteiger partial charge is 0.418 e. The molecule has 5 nitrogen and oxygen atoms in total. The third-order valence-corrected chi connectivity index (χ3v) is 6.10. The lowest BCUT2D eigenvalue weighted by molar-refractivity contribution is -0.138. The van der Waals surface area contributed by atoms with E-state index in [0.717, 1.165) is 41.4 Å². The molecular formula is C35H48F5N3O2. The fourth-order valence-corrected chi connectivity index (χ4v) is 3.88. The van der Waals surface area contributed by atoms with E-state index in [2.05, 4.69) is 9.97 Å². The van der Waals surface area contributed by atoms with Gasteiger partial charge >= 0.3 is 6.18 Å². The van der Waals surface area contributed by atoms with Gasteiger partial charge in [-0.25, -0.2) is 8.78 Å². The minimum absolute atomic E-state index is 0.0544. The van der Waals surface area contributed by atoms with Crippen molar-refractivity contribution in [3.63, 3.8) is 0 Å². The van der Waals surface area contributed by atoms with Crippen molar-refractivity contribution in [2.24, 2.45) is 7.05 Å². The molecule has 1 saturated carbocycles. The molecule has 1 aliphatic carbocycles. The van der Waals surface area contributed by atoms with Crippen LogP contribution in [0.5, 0.6) is 5.75 Å². The number of benzene rings is 1. The molecule has 45 heavy (non-hydrogen) atoms. The van der Waals surface area contributed by atoms with E-state index in [1.807, 2.05) is 60.6 Å². The molecule has 1 aromatic carbocycles. The zero-order chi connectivity index (χ0) is 34.9. The Hall–Kier alpha value is -3.82. The first-order valence-corrected chi connectivity index (χ1v) is 15.4. The Kier molecular flexibility index (Phi) is 18.5. The van der Waals surface area contributed by atoms with E-state index < -0.39 is 23.4 Å². The van der Waals surface area contributed by atoms with Gasteiger partial charge in [0.1, 0.15) is 5.75 Å². The fourth-order valence-electron chi connectivity index (χ4n) is 3.88. The minimum atomic E-state index is -4.29. The average Bonchev–Trinajstić information content (AvgIpc) is 3.86. The third-order valence-electron chi connectivity index (χ3n) is 6.10. The van der Waals surface area contributed by atoms with Gasteiger partial charge in [-0.05, 0) is 75.4 Å². The summed E-state index contributed by atoms with van der Waals surface area (Å²) in [5.41, 5.74) is 2.14. The van der Waals surface area contributed by atoms with Crippen LogP contribution in [0.2, 0.25) is 0 Å². The molecule has 5 rings (SSSR count). The molecule has 1 aliphatic rings. The van der Waals surface area contributed by atoms with Crippen molar-refractivity contribution in [3.05, 3.63) is 98.9 Å². The Labute approximate surface area is 264 Å². The second-order valence-corrected chi connectivity index (χ2v) is 9.28. The number of alkyl halides is 3. The van der Waals surface area contributed by atoms with Crippen LogP contribution < -0.4 is 10.3 Å². The third kappa shape index (κ3) is 12.6. The number of aryl methyl sites for hydroxylation is 5. The van der Waals surface area contributed by atoms with Gasteiger partial charge in [-0.15, -0.1) is 0 Å². The molecule has 0 amide bonds. The van der Waals surface area contributed by atoms with Crippen LogP contribution in [0.1, 0.15) is 89.3 Å². The quantitative estimate of drug-likeness (QED) is 0.210. The van der Waals surface area contributed by atoms with Gasteiger partial charge in [0.25, 0.3) is 5.56 Å². The van der Waals surface area contributed by atoms with Crippen LogP contribution in [0.15, 0.2) is 53.7 Å². The highest BCUT2D eigenvalue weighted by atomic mass is 19.4. The maximum absolute atomic E-state index is 12.8. The maximum atomic E-state index is 12.8. The number of hydrogen-bond donors (Lipinski definition) is 0. The Morgan fingerprint density at radius 1 is 0.867 bits per heavy atom. The van der Waals surface area contributed by atoms with Crippen LogP contribution in [-0.2, 0) is 19.6 Å². The van der Waals surface area contributed by atoms with E-state index in [-0.39, 0.29) is 22.9 Å². The fraction of sp³-hybridized carbons (Fsp3) is 0.457. The Balaban J connectivity index is 0.000000594. The summed E-state index contributed by atoms with van der Waals surface area (Å²) in [5, 5.41) is 1.00. The summed E-state index contributed by atoms with van der Waals surface area (Å²) in [6.07, 6.45) is 3.11. The average molecular weight is 638 g/mol. The highest BCUT2D eigenvalue weighted by molar-refractivity contribution is 5.78. The summed E-state index contributed by atoms with van der Waals surface area (Å²) in [6.45, 7) is 18.6. The summed E-state index contributed by atoms with van der Waals surface area (Å²) in [7, 11) is 1.78. The molecule has 0 unspecified atom stereocenters. The Bertz CT molecular complexity index is 1510. The van der Waals surface area contributed by atoms with Gasteiger partial charge in [0, 0.05) is 42.7 Å². The molecule has 0 spiro atoms. The van der Waals surface area contributed by atoms with Crippen LogP contribution >= 0.6 is 0 Å². The number of fused-ring (bicyclic) bond motifs is 1. The highest BCUT2D eigenvalue weighted by Gasteiger charge is 2.35. The van der Waals surface area contributed by atoms with Crippen LogP contribution in [-0.4, -0.2) is 20.6 Å². The molecule has 3 aromatic heterocycles. The minimum Gasteiger partial charge on any atom is -0.490 e. The Morgan fingerprint density at radius 3 is 1.96 bits per heavy atom.